The molecule has 4 heteroatoms. The summed E-state index contributed by atoms with van der Waals surface area (Å²) in [5.74, 6) is -0.354. The number of carbonyl (C=O) groups excluding carboxylic acids is 1. The van der Waals surface area contributed by atoms with Gasteiger partial charge in [0.25, 0.3) is 0 Å². The lowest BCUT2D eigenvalue weighted by Crippen LogP contribution is -1.99. The van der Waals surface area contributed by atoms with Crippen molar-refractivity contribution in [2.24, 2.45) is 0 Å². The number of benzene rings is 2. The molecule has 1 N–H and O–H groups in total. The van der Waals surface area contributed by atoms with E-state index < -0.39 is 5.97 Å². The average molecular weight is 338 g/mol. The summed E-state index contributed by atoms with van der Waals surface area (Å²) in [6, 6.07) is 13.4. The smallest absolute Gasteiger partial charge is 0.335 e. The number of rotatable bonds is 9. The van der Waals surface area contributed by atoms with Crippen molar-refractivity contribution in [3.05, 3.63) is 71.3 Å². The van der Waals surface area contributed by atoms with Crippen molar-refractivity contribution in [1.29, 1.82) is 0 Å². The van der Waals surface area contributed by atoms with Crippen LogP contribution in [0.2, 0.25) is 0 Å². The second-order valence-corrected chi connectivity index (χ2v) is 5.70. The maximum Gasteiger partial charge on any atom is 0.335 e. The Morgan fingerprint density at radius 2 is 1.60 bits per heavy atom. The lowest BCUT2D eigenvalue weighted by atomic mass is 10.1. The molecule has 0 radical (unpaired) electrons. The normalized spacial score (nSPS) is 10.8. The Morgan fingerprint density at radius 3 is 2.20 bits per heavy atom. The van der Waals surface area contributed by atoms with Gasteiger partial charge in [-0.05, 0) is 42.3 Å². The zero-order valence-electron chi connectivity index (χ0n) is 14.3. The van der Waals surface area contributed by atoms with Crippen LogP contribution in [0, 0.1) is 0 Å². The predicted octanol–water partition coefficient (Wildman–Crippen LogP) is 4.85. The third-order valence-corrected chi connectivity index (χ3v) is 3.74. The minimum absolute atomic E-state index is 0.162. The maximum atomic E-state index is 12.1. The first kappa shape index (κ1) is 18.5. The minimum atomic E-state index is -1.01. The summed E-state index contributed by atoms with van der Waals surface area (Å²) < 4.78 is 5.65. The highest BCUT2D eigenvalue weighted by Gasteiger charge is 2.05. The van der Waals surface area contributed by atoms with E-state index in [0.717, 1.165) is 24.2 Å². The van der Waals surface area contributed by atoms with E-state index >= 15 is 0 Å². The van der Waals surface area contributed by atoms with Gasteiger partial charge in [0.15, 0.2) is 5.78 Å². The number of aromatic carboxylic acids is 1. The molecule has 0 bridgehead atoms. The van der Waals surface area contributed by atoms with Gasteiger partial charge in [0, 0.05) is 5.56 Å². The molecule has 2 rings (SSSR count). The highest BCUT2D eigenvalue weighted by Crippen LogP contribution is 2.14. The van der Waals surface area contributed by atoms with Crippen LogP contribution >= 0.6 is 0 Å². The van der Waals surface area contributed by atoms with Crippen molar-refractivity contribution in [3.63, 3.8) is 0 Å². The number of hydrogen-bond donors (Lipinski definition) is 1. The lowest BCUT2D eigenvalue weighted by Gasteiger charge is -2.05. The van der Waals surface area contributed by atoms with E-state index in [0.29, 0.717) is 12.2 Å². The molecule has 0 aliphatic carbocycles. The fourth-order valence-electron chi connectivity index (χ4n) is 2.26. The number of unbranched alkanes of at least 4 members (excludes halogenated alkanes) is 2. The fourth-order valence-corrected chi connectivity index (χ4v) is 2.26. The first-order valence-corrected chi connectivity index (χ1v) is 8.39. The quantitative estimate of drug-likeness (QED) is 0.403. The van der Waals surface area contributed by atoms with E-state index in [9.17, 15) is 9.59 Å². The molecule has 0 fully saturated rings. The first-order valence-electron chi connectivity index (χ1n) is 8.39. The zero-order valence-corrected chi connectivity index (χ0v) is 14.3. The van der Waals surface area contributed by atoms with Gasteiger partial charge < -0.3 is 9.84 Å². The van der Waals surface area contributed by atoms with E-state index in [1.54, 1.807) is 6.08 Å². The van der Waals surface area contributed by atoms with E-state index in [1.807, 2.05) is 24.3 Å². The number of carboxylic acids is 1. The van der Waals surface area contributed by atoms with Crippen LogP contribution in [0.3, 0.4) is 0 Å². The highest BCUT2D eigenvalue weighted by atomic mass is 16.5. The summed E-state index contributed by atoms with van der Waals surface area (Å²) >= 11 is 0. The Hall–Kier alpha value is -2.88. The monoisotopic (exact) mass is 338 g/mol. The third-order valence-electron chi connectivity index (χ3n) is 3.74. The topological polar surface area (TPSA) is 63.6 Å². The van der Waals surface area contributed by atoms with Gasteiger partial charge in [-0.3, -0.25) is 4.79 Å². The molecule has 0 aliphatic heterocycles. The third kappa shape index (κ3) is 5.92. The zero-order chi connectivity index (χ0) is 18.1. The van der Waals surface area contributed by atoms with Gasteiger partial charge in [0.2, 0.25) is 0 Å². The molecule has 0 saturated heterocycles. The second kappa shape index (κ2) is 9.42. The Morgan fingerprint density at radius 1 is 0.960 bits per heavy atom. The second-order valence-electron chi connectivity index (χ2n) is 5.70. The molecule has 0 heterocycles. The van der Waals surface area contributed by atoms with Crippen molar-refractivity contribution in [2.45, 2.75) is 26.2 Å². The summed E-state index contributed by atoms with van der Waals surface area (Å²) in [4.78, 5) is 22.9. The van der Waals surface area contributed by atoms with Gasteiger partial charge in [-0.25, -0.2) is 4.79 Å². The Balaban J connectivity index is 1.92. The number of carbonyl (C=O) groups is 2. The molecule has 0 saturated carbocycles. The van der Waals surface area contributed by atoms with E-state index in [-0.39, 0.29) is 11.3 Å². The van der Waals surface area contributed by atoms with Crippen LogP contribution in [-0.4, -0.2) is 23.5 Å². The van der Waals surface area contributed by atoms with Crippen LogP contribution in [0.15, 0.2) is 54.6 Å². The number of hydrogen-bond acceptors (Lipinski definition) is 3. The average Bonchev–Trinajstić information content (AvgIpc) is 2.64. The van der Waals surface area contributed by atoms with Crippen LogP contribution in [-0.2, 0) is 0 Å². The molecule has 2 aromatic rings. The van der Waals surface area contributed by atoms with Crippen molar-refractivity contribution in [3.8, 4) is 5.75 Å². The van der Waals surface area contributed by atoms with Gasteiger partial charge in [0.1, 0.15) is 5.75 Å². The van der Waals surface area contributed by atoms with Crippen LogP contribution < -0.4 is 4.74 Å². The maximum absolute atomic E-state index is 12.1. The van der Waals surface area contributed by atoms with Crippen molar-refractivity contribution in [2.75, 3.05) is 6.61 Å². The van der Waals surface area contributed by atoms with Crippen LogP contribution in [0.1, 0.15) is 52.5 Å². The number of ether oxygens (including phenoxy) is 1. The van der Waals surface area contributed by atoms with E-state index in [2.05, 4.69) is 6.92 Å². The number of carboxylic acid groups (broad SMARTS) is 1. The lowest BCUT2D eigenvalue weighted by molar-refractivity contribution is 0.0696. The molecule has 0 amide bonds. The molecule has 25 heavy (non-hydrogen) atoms. The van der Waals surface area contributed by atoms with Crippen molar-refractivity contribution in [1.82, 2.24) is 0 Å². The molecule has 0 unspecified atom stereocenters. The largest absolute Gasteiger partial charge is 0.494 e. The molecule has 4 nitrogen and oxygen atoms in total. The number of allylic oxidation sites excluding steroid dienone is 1. The Kier molecular flexibility index (Phi) is 6.96. The summed E-state index contributed by atoms with van der Waals surface area (Å²) in [7, 11) is 0. The van der Waals surface area contributed by atoms with Gasteiger partial charge in [-0.2, -0.15) is 0 Å². The SMILES string of the molecule is CCCCCOc1ccc(C=CC(=O)c2ccc(C(=O)O)cc2)cc1. The Bertz CT molecular complexity index is 727. The number of ketones is 1. The van der Waals surface area contributed by atoms with Gasteiger partial charge in [-0.15, -0.1) is 0 Å². The predicted molar refractivity (Wildman–Crippen MR) is 98.2 cm³/mol. The first-order chi connectivity index (χ1) is 12.1. The van der Waals surface area contributed by atoms with Crippen LogP contribution in [0.25, 0.3) is 6.08 Å². The minimum Gasteiger partial charge on any atom is -0.494 e. The fraction of sp³-hybridized carbons (Fsp3) is 0.238. The van der Waals surface area contributed by atoms with Crippen molar-refractivity contribution < 1.29 is 19.4 Å². The van der Waals surface area contributed by atoms with Crippen molar-refractivity contribution >= 4 is 17.8 Å². The summed E-state index contributed by atoms with van der Waals surface area (Å²) in [5.41, 5.74) is 1.52. The molecule has 0 aliphatic rings. The van der Waals surface area contributed by atoms with Crippen LogP contribution in [0.5, 0.6) is 5.75 Å². The molecular weight excluding hydrogens is 316 g/mol. The molecule has 0 spiro atoms. The van der Waals surface area contributed by atoms with E-state index in [1.165, 1.54) is 36.8 Å². The molecule has 2 aromatic carbocycles. The van der Waals surface area contributed by atoms with Gasteiger partial charge in [-0.1, -0.05) is 50.1 Å². The van der Waals surface area contributed by atoms with Gasteiger partial charge in [0.05, 0.1) is 12.2 Å². The molecule has 130 valence electrons. The van der Waals surface area contributed by atoms with Gasteiger partial charge >= 0.3 is 5.97 Å². The summed E-state index contributed by atoms with van der Waals surface area (Å²) in [5, 5.41) is 8.86. The molecule has 0 atom stereocenters. The van der Waals surface area contributed by atoms with E-state index in [4.69, 9.17) is 9.84 Å². The molecule has 0 aromatic heterocycles. The summed E-state index contributed by atoms with van der Waals surface area (Å²) in [6.07, 6.45) is 6.59. The summed E-state index contributed by atoms with van der Waals surface area (Å²) in [6.45, 7) is 2.87. The molecular formula is C21H22O4. The Labute approximate surface area is 147 Å². The standard InChI is InChI=1S/C21H22O4/c1-2-3-4-15-25-19-12-5-16(6-13-19)7-14-20(22)17-8-10-18(11-9-17)21(23)24/h5-14H,2-4,15H2,1H3,(H,23,24). The highest BCUT2D eigenvalue weighted by molar-refractivity contribution is 6.07. The van der Waals surface area contributed by atoms with Crippen LogP contribution in [0.4, 0.5) is 0 Å².